The third kappa shape index (κ3) is 1.46. The molecule has 0 fully saturated rings. The van der Waals surface area contributed by atoms with E-state index in [2.05, 4.69) is 15.2 Å². The molecule has 4 heteroatoms. The molecule has 4 nitrogen and oxygen atoms in total. The molecule has 2 heterocycles. The number of hydrogen-bond donors (Lipinski definition) is 1. The number of pyridine rings is 1. The molecule has 0 aliphatic rings. The van der Waals surface area contributed by atoms with Gasteiger partial charge in [-0.3, -0.25) is 9.78 Å². The van der Waals surface area contributed by atoms with Crippen LogP contribution in [-0.4, -0.2) is 15.2 Å². The molecule has 0 amide bonds. The van der Waals surface area contributed by atoms with Crippen molar-refractivity contribution in [3.05, 3.63) is 47.1 Å². The summed E-state index contributed by atoms with van der Waals surface area (Å²) < 4.78 is 0. The van der Waals surface area contributed by atoms with Gasteiger partial charge in [0.05, 0.1) is 5.56 Å². The van der Waals surface area contributed by atoms with Gasteiger partial charge in [0, 0.05) is 24.2 Å². The van der Waals surface area contributed by atoms with Crippen molar-refractivity contribution in [2.45, 2.75) is 0 Å². The number of aromatic amines is 1. The van der Waals surface area contributed by atoms with Crippen molar-refractivity contribution in [3.63, 3.8) is 0 Å². The van der Waals surface area contributed by atoms with Crippen molar-refractivity contribution in [3.8, 4) is 11.1 Å². The second-order valence-electron chi connectivity index (χ2n) is 2.54. The second-order valence-corrected chi connectivity index (χ2v) is 2.54. The molecule has 0 aliphatic carbocycles. The topological polar surface area (TPSA) is 58.6 Å². The summed E-state index contributed by atoms with van der Waals surface area (Å²) in [6.07, 6.45) is 4.85. The van der Waals surface area contributed by atoms with E-state index < -0.39 is 0 Å². The van der Waals surface area contributed by atoms with Gasteiger partial charge >= 0.3 is 0 Å². The first-order valence-corrected chi connectivity index (χ1v) is 3.82. The molecule has 0 unspecified atom stereocenters. The molecular weight excluding hydrogens is 166 g/mol. The zero-order valence-electron chi connectivity index (χ0n) is 6.77. The molecular formula is C9H7N3O. The van der Waals surface area contributed by atoms with Gasteiger partial charge in [0.2, 0.25) is 0 Å². The lowest BCUT2D eigenvalue weighted by atomic mass is 10.1. The normalized spacial score (nSPS) is 9.85. The van der Waals surface area contributed by atoms with Gasteiger partial charge < -0.3 is 0 Å². The summed E-state index contributed by atoms with van der Waals surface area (Å²) in [5.74, 6) is 0. The Labute approximate surface area is 74.3 Å². The van der Waals surface area contributed by atoms with E-state index in [-0.39, 0.29) is 5.56 Å². The summed E-state index contributed by atoms with van der Waals surface area (Å²) in [7, 11) is 0. The van der Waals surface area contributed by atoms with Crippen LogP contribution < -0.4 is 5.56 Å². The Morgan fingerprint density at radius 2 is 2.15 bits per heavy atom. The maximum atomic E-state index is 11.3. The van der Waals surface area contributed by atoms with Crippen molar-refractivity contribution in [2.24, 2.45) is 0 Å². The van der Waals surface area contributed by atoms with Gasteiger partial charge in [-0.2, -0.15) is 5.10 Å². The number of rotatable bonds is 1. The van der Waals surface area contributed by atoms with E-state index in [0.29, 0.717) is 5.56 Å². The fourth-order valence-electron chi connectivity index (χ4n) is 1.09. The van der Waals surface area contributed by atoms with Crippen LogP contribution in [0.2, 0.25) is 0 Å². The first-order chi connectivity index (χ1) is 6.38. The predicted octanol–water partition coefficient (Wildman–Crippen LogP) is 0.832. The van der Waals surface area contributed by atoms with Crippen LogP contribution in [-0.2, 0) is 0 Å². The predicted molar refractivity (Wildman–Crippen MR) is 48.1 cm³/mol. The molecule has 0 atom stereocenters. The molecule has 2 aromatic rings. The highest BCUT2D eigenvalue weighted by atomic mass is 16.1. The molecule has 0 saturated heterocycles. The van der Waals surface area contributed by atoms with Crippen molar-refractivity contribution in [1.29, 1.82) is 0 Å². The Morgan fingerprint density at radius 1 is 1.23 bits per heavy atom. The summed E-state index contributed by atoms with van der Waals surface area (Å²) in [5, 5.41) is 5.98. The summed E-state index contributed by atoms with van der Waals surface area (Å²) >= 11 is 0. The van der Waals surface area contributed by atoms with Gasteiger partial charge in [0.25, 0.3) is 5.56 Å². The molecule has 2 rings (SSSR count). The van der Waals surface area contributed by atoms with E-state index in [4.69, 9.17) is 0 Å². The summed E-state index contributed by atoms with van der Waals surface area (Å²) in [5.41, 5.74) is 1.18. The minimum absolute atomic E-state index is 0.199. The molecule has 2 aromatic heterocycles. The van der Waals surface area contributed by atoms with E-state index >= 15 is 0 Å². The Hall–Kier alpha value is -1.97. The highest BCUT2D eigenvalue weighted by Crippen LogP contribution is 2.10. The third-order valence-corrected chi connectivity index (χ3v) is 1.70. The molecule has 0 aromatic carbocycles. The van der Waals surface area contributed by atoms with Gasteiger partial charge in [0.1, 0.15) is 0 Å². The standard InChI is InChI=1S/C9H7N3O/c13-9-8(3-5-11-12-9)7-2-1-4-10-6-7/h1-6H,(H,12,13). The van der Waals surface area contributed by atoms with Crippen molar-refractivity contribution >= 4 is 0 Å². The van der Waals surface area contributed by atoms with Crippen LogP contribution in [0.3, 0.4) is 0 Å². The molecule has 64 valence electrons. The van der Waals surface area contributed by atoms with Gasteiger partial charge in [-0.05, 0) is 12.1 Å². The molecule has 0 bridgehead atoms. The van der Waals surface area contributed by atoms with E-state index in [1.807, 2.05) is 6.07 Å². The minimum atomic E-state index is -0.199. The smallest absolute Gasteiger partial charge is 0.267 e. The van der Waals surface area contributed by atoms with Crippen molar-refractivity contribution in [2.75, 3.05) is 0 Å². The molecule has 1 N–H and O–H groups in total. The molecule has 13 heavy (non-hydrogen) atoms. The van der Waals surface area contributed by atoms with Crippen LogP contribution in [0.1, 0.15) is 0 Å². The third-order valence-electron chi connectivity index (χ3n) is 1.70. The van der Waals surface area contributed by atoms with Gasteiger partial charge in [-0.25, -0.2) is 5.10 Å². The number of nitrogens with zero attached hydrogens (tertiary/aromatic N) is 2. The maximum Gasteiger partial charge on any atom is 0.272 e. The molecule has 0 spiro atoms. The molecule has 0 saturated carbocycles. The summed E-state index contributed by atoms with van der Waals surface area (Å²) in [6, 6.07) is 5.28. The fraction of sp³-hybridized carbons (Fsp3) is 0. The monoisotopic (exact) mass is 173 g/mol. The lowest BCUT2D eigenvalue weighted by Crippen LogP contribution is -2.09. The number of aromatic nitrogens is 3. The average Bonchev–Trinajstić information content (AvgIpc) is 2.20. The summed E-state index contributed by atoms with van der Waals surface area (Å²) in [6.45, 7) is 0. The van der Waals surface area contributed by atoms with Gasteiger partial charge in [0.15, 0.2) is 0 Å². The largest absolute Gasteiger partial charge is 0.272 e. The first kappa shape index (κ1) is 7.67. The van der Waals surface area contributed by atoms with Crippen molar-refractivity contribution in [1.82, 2.24) is 15.2 Å². The van der Waals surface area contributed by atoms with Crippen LogP contribution in [0.15, 0.2) is 41.6 Å². The summed E-state index contributed by atoms with van der Waals surface area (Å²) in [4.78, 5) is 15.2. The van der Waals surface area contributed by atoms with Gasteiger partial charge in [-0.1, -0.05) is 6.07 Å². The highest BCUT2D eigenvalue weighted by Gasteiger charge is 2.00. The quantitative estimate of drug-likeness (QED) is 0.694. The van der Waals surface area contributed by atoms with Crippen LogP contribution >= 0.6 is 0 Å². The highest BCUT2D eigenvalue weighted by molar-refractivity contribution is 5.60. The molecule has 0 radical (unpaired) electrons. The maximum absolute atomic E-state index is 11.3. The fourth-order valence-corrected chi connectivity index (χ4v) is 1.09. The minimum Gasteiger partial charge on any atom is -0.267 e. The Balaban J connectivity index is 2.60. The zero-order valence-corrected chi connectivity index (χ0v) is 6.77. The van der Waals surface area contributed by atoms with Crippen LogP contribution in [0.4, 0.5) is 0 Å². The number of nitrogens with one attached hydrogen (secondary N) is 1. The second kappa shape index (κ2) is 3.18. The number of H-pyrrole nitrogens is 1. The van der Waals surface area contributed by atoms with Crippen LogP contribution in [0.25, 0.3) is 11.1 Å². The Morgan fingerprint density at radius 3 is 2.85 bits per heavy atom. The van der Waals surface area contributed by atoms with E-state index in [9.17, 15) is 4.79 Å². The molecule has 0 aliphatic heterocycles. The lowest BCUT2D eigenvalue weighted by Gasteiger charge is -1.96. The van der Waals surface area contributed by atoms with Crippen molar-refractivity contribution < 1.29 is 0 Å². The lowest BCUT2D eigenvalue weighted by molar-refractivity contribution is 0.991. The Bertz CT molecular complexity index is 450. The number of hydrogen-bond acceptors (Lipinski definition) is 3. The zero-order chi connectivity index (χ0) is 9.10. The van der Waals surface area contributed by atoms with E-state index in [1.165, 1.54) is 0 Å². The van der Waals surface area contributed by atoms with E-state index in [1.54, 1.807) is 30.7 Å². The van der Waals surface area contributed by atoms with Crippen LogP contribution in [0.5, 0.6) is 0 Å². The van der Waals surface area contributed by atoms with Crippen LogP contribution in [0, 0.1) is 0 Å². The van der Waals surface area contributed by atoms with Gasteiger partial charge in [-0.15, -0.1) is 0 Å². The van der Waals surface area contributed by atoms with E-state index in [0.717, 1.165) is 5.56 Å². The Kier molecular flexibility index (Phi) is 1.88. The average molecular weight is 173 g/mol. The SMILES string of the molecule is O=c1[nH]nccc1-c1cccnc1. The first-order valence-electron chi connectivity index (χ1n) is 3.82.